The molecule has 0 fully saturated rings. The molecule has 23 heavy (non-hydrogen) atoms. The fraction of sp³-hybridized carbons (Fsp3) is 0. The van der Waals surface area contributed by atoms with Crippen molar-refractivity contribution in [1.29, 1.82) is 10.5 Å². The summed E-state index contributed by atoms with van der Waals surface area (Å²) in [6, 6.07) is 14.7. The molecule has 0 aliphatic heterocycles. The average molecular weight is 322 g/mol. The van der Waals surface area contributed by atoms with Crippen LogP contribution in [0.15, 0.2) is 53.6 Å². The summed E-state index contributed by atoms with van der Waals surface area (Å²) in [6.45, 7) is 0. The molecular formula is C16H10N4O2S. The maximum atomic E-state index is 12.5. The first-order chi connectivity index (χ1) is 11.0. The molecular weight excluding hydrogens is 312 g/mol. The number of benzene rings is 2. The van der Waals surface area contributed by atoms with Crippen molar-refractivity contribution in [3.05, 3.63) is 59.8 Å². The Kier molecular flexibility index (Phi) is 3.49. The first kappa shape index (κ1) is 14.6. The molecule has 6 nitrogen and oxygen atoms in total. The van der Waals surface area contributed by atoms with Gasteiger partial charge in [-0.25, -0.2) is 8.42 Å². The van der Waals surface area contributed by atoms with Gasteiger partial charge in [0.05, 0.1) is 27.8 Å². The molecule has 7 heteroatoms. The summed E-state index contributed by atoms with van der Waals surface area (Å²) in [5.74, 6) is 0. The molecule has 0 saturated heterocycles. The minimum atomic E-state index is -3.86. The van der Waals surface area contributed by atoms with E-state index < -0.39 is 10.0 Å². The lowest BCUT2D eigenvalue weighted by molar-refractivity contribution is 0.601. The fourth-order valence-corrected chi connectivity index (χ4v) is 3.41. The van der Waals surface area contributed by atoms with E-state index in [9.17, 15) is 8.42 Å². The number of hydrogen-bond donors (Lipinski definition) is 2. The Hall–Kier alpha value is -3.29. The van der Waals surface area contributed by atoms with E-state index in [0.717, 1.165) is 0 Å². The van der Waals surface area contributed by atoms with Crippen molar-refractivity contribution < 1.29 is 8.42 Å². The molecule has 1 heterocycles. The van der Waals surface area contributed by atoms with Crippen molar-refractivity contribution in [2.24, 2.45) is 0 Å². The number of aromatic nitrogens is 1. The number of rotatable bonds is 3. The Morgan fingerprint density at radius 3 is 2.57 bits per heavy atom. The zero-order valence-corrected chi connectivity index (χ0v) is 12.6. The first-order valence-electron chi connectivity index (χ1n) is 6.58. The molecule has 0 aliphatic rings. The summed E-state index contributed by atoms with van der Waals surface area (Å²) < 4.78 is 27.5. The van der Waals surface area contributed by atoms with Crippen molar-refractivity contribution in [1.82, 2.24) is 4.98 Å². The van der Waals surface area contributed by atoms with E-state index >= 15 is 0 Å². The molecule has 0 unspecified atom stereocenters. The normalized spacial score (nSPS) is 10.9. The maximum Gasteiger partial charge on any atom is 0.261 e. The van der Waals surface area contributed by atoms with Crippen LogP contribution in [-0.4, -0.2) is 13.4 Å². The van der Waals surface area contributed by atoms with Gasteiger partial charge in [0.2, 0.25) is 0 Å². The number of nitrogens with one attached hydrogen (secondary N) is 2. The number of fused-ring (bicyclic) bond motifs is 1. The second-order valence-corrected chi connectivity index (χ2v) is 6.47. The summed E-state index contributed by atoms with van der Waals surface area (Å²) in [4.78, 5) is 2.91. The van der Waals surface area contributed by atoms with Gasteiger partial charge in [-0.2, -0.15) is 10.5 Å². The lowest BCUT2D eigenvalue weighted by atomic mass is 10.1. The third kappa shape index (κ3) is 2.61. The number of nitrogens with zero attached hydrogens (tertiary/aromatic N) is 2. The molecule has 0 amide bonds. The van der Waals surface area contributed by atoms with E-state index in [-0.39, 0.29) is 10.5 Å². The van der Waals surface area contributed by atoms with Gasteiger partial charge in [-0.15, -0.1) is 0 Å². The zero-order chi connectivity index (χ0) is 16.4. The number of H-pyrrole nitrogens is 1. The highest BCUT2D eigenvalue weighted by atomic mass is 32.2. The average Bonchev–Trinajstić information content (AvgIpc) is 2.99. The second kappa shape index (κ2) is 5.48. The van der Waals surface area contributed by atoms with Crippen molar-refractivity contribution in [2.45, 2.75) is 4.90 Å². The second-order valence-electron chi connectivity index (χ2n) is 4.79. The molecule has 1 aromatic heterocycles. The summed E-state index contributed by atoms with van der Waals surface area (Å²) >= 11 is 0. The lowest BCUT2D eigenvalue weighted by Crippen LogP contribution is -2.13. The molecule has 0 bridgehead atoms. The van der Waals surface area contributed by atoms with Gasteiger partial charge in [-0.1, -0.05) is 12.1 Å². The highest BCUT2D eigenvalue weighted by Crippen LogP contribution is 2.28. The van der Waals surface area contributed by atoms with Gasteiger partial charge in [0.25, 0.3) is 10.0 Å². The van der Waals surface area contributed by atoms with E-state index in [1.807, 2.05) is 12.1 Å². The van der Waals surface area contributed by atoms with Crippen LogP contribution in [0.25, 0.3) is 10.9 Å². The SMILES string of the molecule is N#Cc1cccc(S(=O)(=O)Nc2cccc3[nH]cc(C#N)c23)c1. The number of aromatic amines is 1. The van der Waals surface area contributed by atoms with Crippen LogP contribution in [0.4, 0.5) is 5.69 Å². The first-order valence-corrected chi connectivity index (χ1v) is 8.06. The van der Waals surface area contributed by atoms with Crippen LogP contribution in [-0.2, 0) is 10.0 Å². The highest BCUT2D eigenvalue weighted by molar-refractivity contribution is 7.92. The van der Waals surface area contributed by atoms with Crippen LogP contribution in [0.1, 0.15) is 11.1 Å². The Labute approximate surface area is 132 Å². The van der Waals surface area contributed by atoms with Crippen molar-refractivity contribution in [2.75, 3.05) is 4.72 Å². The predicted octanol–water partition coefficient (Wildman–Crippen LogP) is 2.71. The third-order valence-corrected chi connectivity index (χ3v) is 4.71. The van der Waals surface area contributed by atoms with Gasteiger partial charge < -0.3 is 4.98 Å². The van der Waals surface area contributed by atoms with Crippen LogP contribution in [0.2, 0.25) is 0 Å². The smallest absolute Gasteiger partial charge is 0.261 e. The molecule has 0 aliphatic carbocycles. The molecule has 0 spiro atoms. The fourth-order valence-electron chi connectivity index (χ4n) is 2.29. The van der Waals surface area contributed by atoms with Gasteiger partial charge in [0.1, 0.15) is 6.07 Å². The van der Waals surface area contributed by atoms with E-state index in [1.165, 1.54) is 30.5 Å². The van der Waals surface area contributed by atoms with Crippen LogP contribution in [0.3, 0.4) is 0 Å². The number of sulfonamides is 1. The minimum Gasteiger partial charge on any atom is -0.360 e. The molecule has 2 aromatic carbocycles. The Bertz CT molecular complexity index is 1090. The number of hydrogen-bond acceptors (Lipinski definition) is 4. The lowest BCUT2D eigenvalue weighted by Gasteiger charge is -2.09. The molecule has 0 radical (unpaired) electrons. The Morgan fingerprint density at radius 2 is 1.83 bits per heavy atom. The quantitative estimate of drug-likeness (QED) is 0.772. The summed E-state index contributed by atoms with van der Waals surface area (Å²) in [5.41, 5.74) is 1.57. The van der Waals surface area contributed by atoms with Crippen LogP contribution < -0.4 is 4.72 Å². The predicted molar refractivity (Wildman–Crippen MR) is 85.0 cm³/mol. The maximum absolute atomic E-state index is 12.5. The molecule has 0 atom stereocenters. The van der Waals surface area contributed by atoms with Crippen LogP contribution in [0.5, 0.6) is 0 Å². The Morgan fingerprint density at radius 1 is 1.04 bits per heavy atom. The third-order valence-electron chi connectivity index (χ3n) is 3.34. The van der Waals surface area contributed by atoms with E-state index in [2.05, 4.69) is 9.71 Å². The van der Waals surface area contributed by atoms with E-state index in [0.29, 0.717) is 22.2 Å². The topological polar surface area (TPSA) is 110 Å². The Balaban J connectivity index is 2.10. The molecule has 2 N–H and O–H groups in total. The summed E-state index contributed by atoms with van der Waals surface area (Å²) in [5, 5.41) is 18.6. The minimum absolute atomic E-state index is 0.0115. The number of nitriles is 2. The highest BCUT2D eigenvalue weighted by Gasteiger charge is 2.17. The van der Waals surface area contributed by atoms with Crippen molar-refractivity contribution >= 4 is 26.6 Å². The number of anilines is 1. The zero-order valence-electron chi connectivity index (χ0n) is 11.7. The van der Waals surface area contributed by atoms with Gasteiger partial charge in [0.15, 0.2) is 0 Å². The molecule has 0 saturated carbocycles. The van der Waals surface area contributed by atoms with E-state index in [1.54, 1.807) is 18.2 Å². The monoisotopic (exact) mass is 322 g/mol. The van der Waals surface area contributed by atoms with Gasteiger partial charge >= 0.3 is 0 Å². The summed E-state index contributed by atoms with van der Waals surface area (Å²) in [7, 11) is -3.86. The van der Waals surface area contributed by atoms with Crippen LogP contribution >= 0.6 is 0 Å². The summed E-state index contributed by atoms with van der Waals surface area (Å²) in [6.07, 6.45) is 1.53. The molecule has 3 aromatic rings. The van der Waals surface area contributed by atoms with Crippen LogP contribution in [0, 0.1) is 22.7 Å². The van der Waals surface area contributed by atoms with Gasteiger partial charge in [-0.05, 0) is 30.3 Å². The largest absolute Gasteiger partial charge is 0.360 e. The van der Waals surface area contributed by atoms with Gasteiger partial charge in [0, 0.05) is 17.1 Å². The molecule has 112 valence electrons. The van der Waals surface area contributed by atoms with Crippen molar-refractivity contribution in [3.63, 3.8) is 0 Å². The van der Waals surface area contributed by atoms with Gasteiger partial charge in [-0.3, -0.25) is 4.72 Å². The molecule has 3 rings (SSSR count). The van der Waals surface area contributed by atoms with E-state index in [4.69, 9.17) is 10.5 Å². The standard InChI is InChI=1S/C16H10N4O2S/c17-8-11-3-1-4-13(7-11)23(21,22)20-15-6-2-5-14-16(15)12(9-18)10-19-14/h1-7,10,19-20H. The van der Waals surface area contributed by atoms with Crippen molar-refractivity contribution in [3.8, 4) is 12.1 Å².